The maximum Gasteiger partial charge on any atom is 0.252 e. The zero-order valence-corrected chi connectivity index (χ0v) is 14.5. The van der Waals surface area contributed by atoms with Crippen LogP contribution in [0.1, 0.15) is 22.3 Å². The van der Waals surface area contributed by atoms with Gasteiger partial charge in [0.25, 0.3) is 5.91 Å². The molecule has 4 rings (SSSR count). The van der Waals surface area contributed by atoms with Crippen molar-refractivity contribution in [3.8, 4) is 0 Å². The first-order valence-electron chi connectivity index (χ1n) is 8.00. The fraction of sp³-hybridized carbons (Fsp3) is 0.235. The molecule has 1 N–H and O–H groups in total. The minimum absolute atomic E-state index is 0.149. The fourth-order valence-electron chi connectivity index (χ4n) is 2.77. The monoisotopic (exact) mass is 352 g/mol. The fourth-order valence-corrected chi connectivity index (χ4v) is 3.25. The summed E-state index contributed by atoms with van der Waals surface area (Å²) in [6.07, 6.45) is 4.22. The molecule has 0 spiro atoms. The van der Waals surface area contributed by atoms with Gasteiger partial charge in [0.1, 0.15) is 5.52 Å². The lowest BCUT2D eigenvalue weighted by Gasteiger charge is -2.06. The molecule has 126 valence electrons. The van der Waals surface area contributed by atoms with Crippen LogP contribution in [0.15, 0.2) is 36.7 Å². The second-order valence-corrected chi connectivity index (χ2v) is 6.34. The van der Waals surface area contributed by atoms with Crippen LogP contribution in [0.4, 0.5) is 0 Å². The third kappa shape index (κ3) is 3.08. The molecule has 0 unspecified atom stereocenters. The molecule has 0 saturated heterocycles. The second-order valence-electron chi connectivity index (χ2n) is 5.82. The van der Waals surface area contributed by atoms with Crippen molar-refractivity contribution in [3.05, 3.63) is 47.8 Å². The van der Waals surface area contributed by atoms with Crippen LogP contribution >= 0.6 is 11.7 Å². The molecule has 3 heterocycles. The highest BCUT2D eigenvalue weighted by molar-refractivity contribution is 7.00. The Labute approximate surface area is 148 Å². The van der Waals surface area contributed by atoms with E-state index >= 15 is 0 Å². The van der Waals surface area contributed by atoms with Crippen LogP contribution in [0.25, 0.3) is 22.1 Å². The zero-order valence-electron chi connectivity index (χ0n) is 13.6. The molecule has 0 bridgehead atoms. The first-order chi connectivity index (χ1) is 12.2. The van der Waals surface area contributed by atoms with Crippen LogP contribution in [0.2, 0.25) is 0 Å². The van der Waals surface area contributed by atoms with Gasteiger partial charge in [-0.2, -0.15) is 13.8 Å². The van der Waals surface area contributed by atoms with E-state index in [9.17, 15) is 4.79 Å². The van der Waals surface area contributed by atoms with E-state index in [0.717, 1.165) is 30.2 Å². The molecule has 0 aliphatic rings. The van der Waals surface area contributed by atoms with Gasteiger partial charge in [0, 0.05) is 24.7 Å². The van der Waals surface area contributed by atoms with Crippen LogP contribution in [-0.4, -0.2) is 36.0 Å². The maximum atomic E-state index is 12.2. The third-order valence-electron chi connectivity index (χ3n) is 4.11. The number of aromatic nitrogens is 5. The molecule has 1 amide bonds. The van der Waals surface area contributed by atoms with Crippen molar-refractivity contribution in [3.63, 3.8) is 0 Å². The SMILES string of the molecule is Cc1cccc2c1cnn2CCCNC(=O)c1cnc2nsnc2c1. The summed E-state index contributed by atoms with van der Waals surface area (Å²) >= 11 is 1.09. The number of nitrogens with zero attached hydrogens (tertiary/aromatic N) is 5. The van der Waals surface area contributed by atoms with Gasteiger partial charge in [-0.3, -0.25) is 9.48 Å². The Hall–Kier alpha value is -2.87. The lowest BCUT2D eigenvalue weighted by Crippen LogP contribution is -2.25. The summed E-state index contributed by atoms with van der Waals surface area (Å²) < 4.78 is 10.1. The maximum absolute atomic E-state index is 12.2. The van der Waals surface area contributed by atoms with Gasteiger partial charge in [0.2, 0.25) is 0 Å². The van der Waals surface area contributed by atoms with Gasteiger partial charge >= 0.3 is 0 Å². The van der Waals surface area contributed by atoms with E-state index in [2.05, 4.69) is 43.2 Å². The number of amides is 1. The molecule has 3 aromatic heterocycles. The molecule has 25 heavy (non-hydrogen) atoms. The second kappa shape index (κ2) is 6.56. The third-order valence-corrected chi connectivity index (χ3v) is 4.65. The number of pyridine rings is 1. The summed E-state index contributed by atoms with van der Waals surface area (Å²) in [4.78, 5) is 16.3. The molecular weight excluding hydrogens is 336 g/mol. The normalized spacial score (nSPS) is 11.2. The van der Waals surface area contributed by atoms with E-state index in [1.165, 1.54) is 17.1 Å². The number of aryl methyl sites for hydroxylation is 2. The van der Waals surface area contributed by atoms with Crippen molar-refractivity contribution in [2.75, 3.05) is 6.54 Å². The Balaban J connectivity index is 1.35. The van der Waals surface area contributed by atoms with Gasteiger partial charge in [-0.25, -0.2) is 4.98 Å². The topological polar surface area (TPSA) is 85.6 Å². The first kappa shape index (κ1) is 15.6. The number of nitrogens with one attached hydrogen (secondary N) is 1. The molecule has 0 radical (unpaired) electrons. The number of rotatable bonds is 5. The van der Waals surface area contributed by atoms with E-state index in [-0.39, 0.29) is 5.91 Å². The van der Waals surface area contributed by atoms with E-state index in [0.29, 0.717) is 23.3 Å². The predicted molar refractivity (Wildman–Crippen MR) is 96.6 cm³/mol. The number of fused-ring (bicyclic) bond motifs is 2. The lowest BCUT2D eigenvalue weighted by atomic mass is 10.1. The highest BCUT2D eigenvalue weighted by Crippen LogP contribution is 2.17. The summed E-state index contributed by atoms with van der Waals surface area (Å²) in [5.74, 6) is -0.149. The number of hydrogen-bond acceptors (Lipinski definition) is 6. The minimum Gasteiger partial charge on any atom is -0.352 e. The highest BCUT2D eigenvalue weighted by Gasteiger charge is 2.09. The van der Waals surface area contributed by atoms with Crippen molar-refractivity contribution in [2.24, 2.45) is 0 Å². The molecule has 0 saturated carbocycles. The van der Waals surface area contributed by atoms with E-state index < -0.39 is 0 Å². The molecule has 0 atom stereocenters. The summed E-state index contributed by atoms with van der Waals surface area (Å²) in [5.41, 5.74) is 4.06. The summed E-state index contributed by atoms with van der Waals surface area (Å²) in [6, 6.07) is 7.90. The quantitative estimate of drug-likeness (QED) is 0.558. The Morgan fingerprint density at radius 1 is 1.28 bits per heavy atom. The Kier molecular flexibility index (Phi) is 4.10. The Morgan fingerprint density at radius 2 is 2.20 bits per heavy atom. The first-order valence-corrected chi connectivity index (χ1v) is 8.73. The van der Waals surface area contributed by atoms with Gasteiger partial charge in [-0.15, -0.1) is 0 Å². The number of carbonyl (C=O) groups is 1. The van der Waals surface area contributed by atoms with Crippen molar-refractivity contribution >= 4 is 39.7 Å². The van der Waals surface area contributed by atoms with Crippen LogP contribution in [0, 0.1) is 6.92 Å². The average molecular weight is 352 g/mol. The summed E-state index contributed by atoms with van der Waals surface area (Å²) in [5, 5.41) is 8.52. The predicted octanol–water partition coefficient (Wildman–Crippen LogP) is 2.56. The van der Waals surface area contributed by atoms with E-state index in [1.54, 1.807) is 6.07 Å². The van der Waals surface area contributed by atoms with Gasteiger partial charge in [0.05, 0.1) is 29.0 Å². The van der Waals surface area contributed by atoms with Crippen LogP contribution in [0.3, 0.4) is 0 Å². The van der Waals surface area contributed by atoms with Crippen molar-refractivity contribution in [1.82, 2.24) is 28.8 Å². The van der Waals surface area contributed by atoms with Gasteiger partial charge in [-0.1, -0.05) is 12.1 Å². The molecule has 0 aliphatic heterocycles. The number of carbonyl (C=O) groups excluding carboxylic acids is 1. The number of hydrogen-bond donors (Lipinski definition) is 1. The van der Waals surface area contributed by atoms with Crippen LogP contribution in [-0.2, 0) is 6.54 Å². The van der Waals surface area contributed by atoms with Gasteiger partial charge in [0.15, 0.2) is 5.65 Å². The summed E-state index contributed by atoms with van der Waals surface area (Å²) in [7, 11) is 0. The van der Waals surface area contributed by atoms with Crippen molar-refractivity contribution < 1.29 is 4.79 Å². The zero-order chi connectivity index (χ0) is 17.2. The largest absolute Gasteiger partial charge is 0.352 e. The molecule has 0 fully saturated rings. The van der Waals surface area contributed by atoms with Crippen molar-refractivity contribution in [2.45, 2.75) is 19.9 Å². The van der Waals surface area contributed by atoms with E-state index in [1.807, 2.05) is 16.9 Å². The lowest BCUT2D eigenvalue weighted by molar-refractivity contribution is 0.0952. The molecule has 7 nitrogen and oxygen atoms in total. The molecule has 0 aliphatic carbocycles. The van der Waals surface area contributed by atoms with Gasteiger partial charge in [-0.05, 0) is 31.0 Å². The number of benzene rings is 1. The Morgan fingerprint density at radius 3 is 3.12 bits per heavy atom. The van der Waals surface area contributed by atoms with Crippen LogP contribution in [0.5, 0.6) is 0 Å². The average Bonchev–Trinajstić information content (AvgIpc) is 3.25. The standard InChI is InChI=1S/C17H16N6OS/c1-11-4-2-5-15-13(11)10-20-23(15)7-3-6-18-17(24)12-8-14-16(19-9-12)22-25-21-14/h2,4-5,8-10H,3,6-7H2,1H3,(H,18,24). The Bertz CT molecular complexity index is 1050. The molecule has 1 aromatic carbocycles. The van der Waals surface area contributed by atoms with E-state index in [4.69, 9.17) is 0 Å². The molecular formula is C17H16N6OS. The van der Waals surface area contributed by atoms with Crippen molar-refractivity contribution in [1.29, 1.82) is 0 Å². The van der Waals surface area contributed by atoms with Crippen LogP contribution < -0.4 is 5.32 Å². The molecule has 4 aromatic rings. The summed E-state index contributed by atoms with van der Waals surface area (Å²) in [6.45, 7) is 3.40. The van der Waals surface area contributed by atoms with Gasteiger partial charge < -0.3 is 5.32 Å². The molecule has 8 heteroatoms. The highest BCUT2D eigenvalue weighted by atomic mass is 32.1. The smallest absolute Gasteiger partial charge is 0.252 e. The minimum atomic E-state index is -0.149.